The van der Waals surface area contributed by atoms with Crippen molar-refractivity contribution in [1.29, 1.82) is 0 Å². The van der Waals surface area contributed by atoms with Gasteiger partial charge in [-0.1, -0.05) is 41.9 Å². The fraction of sp³-hybridized carbons (Fsp3) is 0.250. The van der Waals surface area contributed by atoms with Crippen LogP contribution in [0.4, 0.5) is 4.39 Å². The summed E-state index contributed by atoms with van der Waals surface area (Å²) in [5, 5.41) is 0.519. The lowest BCUT2D eigenvalue weighted by atomic mass is 9.99. The number of thioether (sulfide) groups is 1. The van der Waals surface area contributed by atoms with Crippen LogP contribution >= 0.6 is 23.4 Å². The average Bonchev–Trinajstić information content (AvgIpc) is 2.92. The second-order valence-corrected chi connectivity index (χ2v) is 6.82. The molecule has 0 spiro atoms. The fourth-order valence-electron chi connectivity index (χ4n) is 2.67. The van der Waals surface area contributed by atoms with Crippen molar-refractivity contribution in [3.63, 3.8) is 0 Å². The minimum absolute atomic E-state index is 0.0432. The van der Waals surface area contributed by atoms with E-state index < -0.39 is 0 Å². The number of hydrazine groups is 1. The quantitative estimate of drug-likeness (QED) is 0.667. The predicted octanol–water partition coefficient (Wildman–Crippen LogP) is 3.57. The number of halogens is 2. The van der Waals surface area contributed by atoms with Gasteiger partial charge in [-0.15, -0.1) is 11.8 Å². The predicted molar refractivity (Wildman–Crippen MR) is 86.0 cm³/mol. The normalized spacial score (nSPS) is 18.5. The van der Waals surface area contributed by atoms with E-state index >= 15 is 0 Å². The van der Waals surface area contributed by atoms with Gasteiger partial charge >= 0.3 is 0 Å². The molecule has 2 aromatic rings. The van der Waals surface area contributed by atoms with Gasteiger partial charge in [0.25, 0.3) is 0 Å². The van der Waals surface area contributed by atoms with Gasteiger partial charge in [0.1, 0.15) is 5.82 Å². The number of benzene rings is 2. The highest BCUT2D eigenvalue weighted by molar-refractivity contribution is 8.00. The van der Waals surface area contributed by atoms with E-state index in [9.17, 15) is 4.39 Å². The van der Waals surface area contributed by atoms with E-state index in [1.807, 2.05) is 23.9 Å². The van der Waals surface area contributed by atoms with Crippen LogP contribution in [0.1, 0.15) is 11.1 Å². The van der Waals surface area contributed by atoms with E-state index in [4.69, 9.17) is 17.4 Å². The summed E-state index contributed by atoms with van der Waals surface area (Å²) in [6.45, 7) is 0. The van der Waals surface area contributed by atoms with Crippen molar-refractivity contribution in [2.45, 2.75) is 29.0 Å². The van der Waals surface area contributed by atoms with Crippen LogP contribution in [-0.2, 0) is 12.8 Å². The molecule has 5 heteroatoms. The number of hydrogen-bond donors (Lipinski definition) is 2. The van der Waals surface area contributed by atoms with Gasteiger partial charge in [-0.3, -0.25) is 11.3 Å². The first kappa shape index (κ1) is 14.9. The van der Waals surface area contributed by atoms with Crippen LogP contribution in [0, 0.1) is 5.82 Å². The molecule has 110 valence electrons. The monoisotopic (exact) mass is 322 g/mol. The molecule has 2 unspecified atom stereocenters. The molecule has 0 fully saturated rings. The first-order valence-electron chi connectivity index (χ1n) is 6.82. The fourth-order valence-corrected chi connectivity index (χ4v) is 4.27. The summed E-state index contributed by atoms with van der Waals surface area (Å²) in [6.07, 6.45) is 1.57. The third-order valence-corrected chi connectivity index (χ3v) is 5.68. The molecule has 0 saturated heterocycles. The molecule has 2 nitrogen and oxygen atoms in total. The summed E-state index contributed by atoms with van der Waals surface area (Å²) in [4.78, 5) is 1.30. The Labute approximate surface area is 132 Å². The molecule has 0 amide bonds. The average molecular weight is 323 g/mol. The molecule has 0 bridgehead atoms. The number of nitrogens with one attached hydrogen (secondary N) is 1. The standard InChI is InChI=1S/C16H16ClFN2S/c17-16-11(5-3-6-12(16)18)8-13(20-19)15-9-10-4-1-2-7-14(10)21-15/h1-7,13,15,20H,8-9,19H2. The SMILES string of the molecule is NNC(Cc1cccc(F)c1Cl)C1Cc2ccccc2S1. The maximum atomic E-state index is 13.5. The van der Waals surface area contributed by atoms with Crippen LogP contribution in [0.25, 0.3) is 0 Å². The number of fused-ring (bicyclic) bond motifs is 1. The van der Waals surface area contributed by atoms with Crippen LogP contribution in [0.15, 0.2) is 47.4 Å². The Morgan fingerprint density at radius 3 is 2.86 bits per heavy atom. The van der Waals surface area contributed by atoms with Crippen molar-refractivity contribution in [2.24, 2.45) is 5.84 Å². The highest BCUT2D eigenvalue weighted by atomic mass is 35.5. The molecular formula is C16H16ClFN2S. The van der Waals surface area contributed by atoms with Crippen molar-refractivity contribution in [3.8, 4) is 0 Å². The van der Waals surface area contributed by atoms with Gasteiger partial charge in [0, 0.05) is 16.2 Å². The third-order valence-electron chi connectivity index (χ3n) is 3.81. The molecule has 0 radical (unpaired) electrons. The van der Waals surface area contributed by atoms with Gasteiger partial charge in [-0.05, 0) is 36.1 Å². The van der Waals surface area contributed by atoms with Crippen LogP contribution in [0.2, 0.25) is 5.02 Å². The lowest BCUT2D eigenvalue weighted by Gasteiger charge is -2.22. The van der Waals surface area contributed by atoms with Gasteiger partial charge < -0.3 is 0 Å². The zero-order valence-electron chi connectivity index (χ0n) is 11.4. The van der Waals surface area contributed by atoms with Crippen molar-refractivity contribution < 1.29 is 4.39 Å². The maximum Gasteiger partial charge on any atom is 0.142 e. The van der Waals surface area contributed by atoms with E-state index in [-0.39, 0.29) is 16.9 Å². The molecule has 0 saturated carbocycles. The summed E-state index contributed by atoms with van der Waals surface area (Å²) in [5.74, 6) is 5.34. The van der Waals surface area contributed by atoms with E-state index in [1.165, 1.54) is 16.5 Å². The molecule has 0 aliphatic carbocycles. The molecule has 3 N–H and O–H groups in total. The third kappa shape index (κ3) is 3.09. The van der Waals surface area contributed by atoms with E-state index in [0.717, 1.165) is 12.0 Å². The number of hydrogen-bond acceptors (Lipinski definition) is 3. The van der Waals surface area contributed by atoms with Gasteiger partial charge in [-0.2, -0.15) is 0 Å². The Morgan fingerprint density at radius 2 is 2.10 bits per heavy atom. The van der Waals surface area contributed by atoms with Crippen LogP contribution in [0.5, 0.6) is 0 Å². The molecule has 1 aliphatic rings. The van der Waals surface area contributed by atoms with Crippen LogP contribution in [-0.4, -0.2) is 11.3 Å². The summed E-state index contributed by atoms with van der Waals surface area (Å²) in [5.41, 5.74) is 5.01. The highest BCUT2D eigenvalue weighted by Gasteiger charge is 2.29. The Kier molecular flexibility index (Phi) is 4.50. The Hall–Kier alpha value is -1.07. The minimum Gasteiger partial charge on any atom is -0.271 e. The zero-order valence-corrected chi connectivity index (χ0v) is 12.9. The summed E-state index contributed by atoms with van der Waals surface area (Å²) >= 11 is 7.86. The Balaban J connectivity index is 1.77. The molecule has 0 aromatic heterocycles. The molecule has 3 rings (SSSR count). The Bertz CT molecular complexity index is 625. The second-order valence-electron chi connectivity index (χ2n) is 5.16. The molecule has 2 aromatic carbocycles. The first-order valence-corrected chi connectivity index (χ1v) is 8.08. The minimum atomic E-state index is -0.382. The van der Waals surface area contributed by atoms with Crippen molar-refractivity contribution in [1.82, 2.24) is 5.43 Å². The van der Waals surface area contributed by atoms with Crippen molar-refractivity contribution in [2.75, 3.05) is 0 Å². The lowest BCUT2D eigenvalue weighted by molar-refractivity contribution is 0.505. The first-order chi connectivity index (χ1) is 10.2. The largest absolute Gasteiger partial charge is 0.271 e. The van der Waals surface area contributed by atoms with Crippen molar-refractivity contribution >= 4 is 23.4 Å². The summed E-state index contributed by atoms with van der Waals surface area (Å²) < 4.78 is 13.5. The highest BCUT2D eigenvalue weighted by Crippen LogP contribution is 2.39. The summed E-state index contributed by atoms with van der Waals surface area (Å²) in [6, 6.07) is 13.3. The number of nitrogens with two attached hydrogens (primary N) is 1. The Morgan fingerprint density at radius 1 is 1.29 bits per heavy atom. The molecule has 2 atom stereocenters. The smallest absolute Gasteiger partial charge is 0.142 e. The van der Waals surface area contributed by atoms with Gasteiger partial charge in [0.2, 0.25) is 0 Å². The van der Waals surface area contributed by atoms with Crippen LogP contribution in [0.3, 0.4) is 0 Å². The lowest BCUT2D eigenvalue weighted by Crippen LogP contribution is -2.44. The van der Waals surface area contributed by atoms with Crippen LogP contribution < -0.4 is 11.3 Å². The zero-order chi connectivity index (χ0) is 14.8. The summed E-state index contributed by atoms with van der Waals surface area (Å²) in [7, 11) is 0. The molecule has 1 heterocycles. The number of rotatable bonds is 4. The van der Waals surface area contributed by atoms with Gasteiger partial charge in [0.05, 0.1) is 5.02 Å². The second kappa shape index (κ2) is 6.36. The van der Waals surface area contributed by atoms with E-state index in [0.29, 0.717) is 11.7 Å². The van der Waals surface area contributed by atoms with Gasteiger partial charge in [0.15, 0.2) is 0 Å². The van der Waals surface area contributed by atoms with E-state index in [2.05, 4.69) is 23.6 Å². The maximum absolute atomic E-state index is 13.5. The van der Waals surface area contributed by atoms with Gasteiger partial charge in [-0.25, -0.2) is 4.39 Å². The topological polar surface area (TPSA) is 38.0 Å². The molecular weight excluding hydrogens is 307 g/mol. The molecule has 1 aliphatic heterocycles. The van der Waals surface area contributed by atoms with E-state index in [1.54, 1.807) is 6.07 Å². The molecule has 21 heavy (non-hydrogen) atoms. The van der Waals surface area contributed by atoms with Crippen molar-refractivity contribution in [3.05, 3.63) is 64.4 Å².